The van der Waals surface area contributed by atoms with E-state index in [1.165, 1.54) is 6.42 Å². The SMILES string of the molecule is CCC1CC=C(F)CC1. The van der Waals surface area contributed by atoms with Crippen molar-refractivity contribution < 1.29 is 4.39 Å². The molecule has 0 aromatic rings. The van der Waals surface area contributed by atoms with Crippen molar-refractivity contribution in [3.8, 4) is 0 Å². The zero-order valence-electron chi connectivity index (χ0n) is 5.86. The highest BCUT2D eigenvalue weighted by molar-refractivity contribution is 4.97. The van der Waals surface area contributed by atoms with Gasteiger partial charge in [0.25, 0.3) is 0 Å². The molecule has 1 atom stereocenters. The van der Waals surface area contributed by atoms with Crippen molar-refractivity contribution in [1.82, 2.24) is 0 Å². The first-order valence-electron chi connectivity index (χ1n) is 3.67. The largest absolute Gasteiger partial charge is 0.212 e. The van der Waals surface area contributed by atoms with Crippen LogP contribution in [0.15, 0.2) is 11.9 Å². The van der Waals surface area contributed by atoms with Gasteiger partial charge in [-0.15, -0.1) is 0 Å². The molecule has 1 aliphatic rings. The Kier molecular flexibility index (Phi) is 2.26. The lowest BCUT2D eigenvalue weighted by Gasteiger charge is -2.15. The fourth-order valence-electron chi connectivity index (χ4n) is 1.23. The van der Waals surface area contributed by atoms with Crippen LogP contribution in [-0.2, 0) is 0 Å². The molecule has 0 saturated heterocycles. The summed E-state index contributed by atoms with van der Waals surface area (Å²) in [5.41, 5.74) is 0. The molecule has 0 fully saturated rings. The Hall–Kier alpha value is -0.330. The average Bonchev–Trinajstić information content (AvgIpc) is 1.90. The summed E-state index contributed by atoms with van der Waals surface area (Å²) in [7, 11) is 0. The van der Waals surface area contributed by atoms with E-state index in [1.54, 1.807) is 6.08 Å². The second kappa shape index (κ2) is 3.00. The van der Waals surface area contributed by atoms with Gasteiger partial charge in [-0.1, -0.05) is 19.4 Å². The van der Waals surface area contributed by atoms with Crippen LogP contribution < -0.4 is 0 Å². The van der Waals surface area contributed by atoms with Gasteiger partial charge in [0.1, 0.15) is 0 Å². The van der Waals surface area contributed by atoms with Crippen molar-refractivity contribution in [2.24, 2.45) is 5.92 Å². The highest BCUT2D eigenvalue weighted by atomic mass is 19.1. The summed E-state index contributed by atoms with van der Waals surface area (Å²) >= 11 is 0. The van der Waals surface area contributed by atoms with Crippen LogP contribution in [0.2, 0.25) is 0 Å². The molecule has 0 aromatic carbocycles. The molecule has 0 heterocycles. The Morgan fingerprint density at radius 3 is 3.00 bits per heavy atom. The first-order valence-corrected chi connectivity index (χ1v) is 3.67. The van der Waals surface area contributed by atoms with Crippen LogP contribution in [0.5, 0.6) is 0 Å². The maximum Gasteiger partial charge on any atom is 0.0960 e. The van der Waals surface area contributed by atoms with Gasteiger partial charge >= 0.3 is 0 Å². The van der Waals surface area contributed by atoms with Crippen LogP contribution in [0.25, 0.3) is 0 Å². The summed E-state index contributed by atoms with van der Waals surface area (Å²) in [6, 6.07) is 0. The van der Waals surface area contributed by atoms with Crippen LogP contribution in [-0.4, -0.2) is 0 Å². The van der Waals surface area contributed by atoms with Crippen LogP contribution in [0.3, 0.4) is 0 Å². The fraction of sp³-hybridized carbons (Fsp3) is 0.750. The molecule has 0 amide bonds. The molecule has 0 saturated carbocycles. The smallest absolute Gasteiger partial charge is 0.0960 e. The molecule has 0 nitrogen and oxygen atoms in total. The van der Waals surface area contributed by atoms with Crippen LogP contribution >= 0.6 is 0 Å². The van der Waals surface area contributed by atoms with Crippen molar-refractivity contribution in [1.29, 1.82) is 0 Å². The van der Waals surface area contributed by atoms with Gasteiger partial charge in [0.15, 0.2) is 0 Å². The highest BCUT2D eigenvalue weighted by Crippen LogP contribution is 2.25. The second-order valence-electron chi connectivity index (χ2n) is 2.70. The molecule has 0 radical (unpaired) electrons. The molecule has 0 spiro atoms. The molecule has 1 aliphatic carbocycles. The van der Waals surface area contributed by atoms with Gasteiger partial charge < -0.3 is 0 Å². The number of allylic oxidation sites excluding steroid dienone is 2. The van der Waals surface area contributed by atoms with E-state index < -0.39 is 0 Å². The monoisotopic (exact) mass is 128 g/mol. The molecule has 0 N–H and O–H groups in total. The van der Waals surface area contributed by atoms with Crippen molar-refractivity contribution in [3.05, 3.63) is 11.9 Å². The van der Waals surface area contributed by atoms with E-state index >= 15 is 0 Å². The van der Waals surface area contributed by atoms with Gasteiger partial charge in [-0.25, -0.2) is 4.39 Å². The van der Waals surface area contributed by atoms with Gasteiger partial charge in [0, 0.05) is 0 Å². The van der Waals surface area contributed by atoms with E-state index in [0.29, 0.717) is 6.42 Å². The molecule has 0 aliphatic heterocycles. The van der Waals surface area contributed by atoms with Crippen molar-refractivity contribution in [3.63, 3.8) is 0 Å². The lowest BCUT2D eigenvalue weighted by Crippen LogP contribution is -2.01. The topological polar surface area (TPSA) is 0 Å². The minimum Gasteiger partial charge on any atom is -0.212 e. The first-order chi connectivity index (χ1) is 4.33. The van der Waals surface area contributed by atoms with Gasteiger partial charge in [0.05, 0.1) is 5.83 Å². The molecule has 52 valence electrons. The normalized spacial score (nSPS) is 27.8. The number of hydrogen-bond donors (Lipinski definition) is 0. The molecular formula is C8H13F. The van der Waals surface area contributed by atoms with Crippen molar-refractivity contribution in [2.75, 3.05) is 0 Å². The molecule has 0 aromatic heterocycles. The summed E-state index contributed by atoms with van der Waals surface area (Å²) in [5, 5.41) is 0. The van der Waals surface area contributed by atoms with Gasteiger partial charge in [-0.3, -0.25) is 0 Å². The Bertz CT molecular complexity index is 116. The number of rotatable bonds is 1. The van der Waals surface area contributed by atoms with E-state index in [9.17, 15) is 4.39 Å². The molecule has 9 heavy (non-hydrogen) atoms. The van der Waals surface area contributed by atoms with Crippen molar-refractivity contribution >= 4 is 0 Å². The molecule has 1 rings (SSSR count). The number of hydrogen-bond acceptors (Lipinski definition) is 0. The Morgan fingerprint density at radius 2 is 2.56 bits per heavy atom. The average molecular weight is 128 g/mol. The zero-order chi connectivity index (χ0) is 6.69. The van der Waals surface area contributed by atoms with Gasteiger partial charge in [-0.05, 0) is 25.2 Å². The van der Waals surface area contributed by atoms with Crippen LogP contribution in [0, 0.1) is 5.92 Å². The Morgan fingerprint density at radius 1 is 1.78 bits per heavy atom. The van der Waals surface area contributed by atoms with Crippen LogP contribution in [0.4, 0.5) is 4.39 Å². The zero-order valence-corrected chi connectivity index (χ0v) is 5.86. The first kappa shape index (κ1) is 6.79. The maximum atomic E-state index is 12.4. The van der Waals surface area contributed by atoms with E-state index in [4.69, 9.17) is 0 Å². The van der Waals surface area contributed by atoms with E-state index in [-0.39, 0.29) is 5.83 Å². The fourth-order valence-corrected chi connectivity index (χ4v) is 1.23. The summed E-state index contributed by atoms with van der Waals surface area (Å²) in [5.74, 6) is 0.851. The third-order valence-electron chi connectivity index (χ3n) is 2.04. The second-order valence-corrected chi connectivity index (χ2v) is 2.70. The van der Waals surface area contributed by atoms with Gasteiger partial charge in [-0.2, -0.15) is 0 Å². The predicted molar refractivity (Wildman–Crippen MR) is 36.8 cm³/mol. The van der Waals surface area contributed by atoms with Gasteiger partial charge in [0.2, 0.25) is 0 Å². The highest BCUT2D eigenvalue weighted by Gasteiger charge is 2.11. The third-order valence-corrected chi connectivity index (χ3v) is 2.04. The lowest BCUT2D eigenvalue weighted by atomic mass is 9.92. The standard InChI is InChI=1S/C8H13F/c1-2-7-3-5-8(9)6-4-7/h5,7H,2-4,6H2,1H3. The minimum absolute atomic E-state index is 0.0969. The summed E-state index contributed by atoms with van der Waals surface area (Å²) in [6.07, 6.45) is 5.63. The molecular weight excluding hydrogens is 115 g/mol. The molecule has 1 unspecified atom stereocenters. The summed E-state index contributed by atoms with van der Waals surface area (Å²) in [4.78, 5) is 0. The van der Waals surface area contributed by atoms with Crippen LogP contribution in [0.1, 0.15) is 32.6 Å². The number of halogens is 1. The maximum absolute atomic E-state index is 12.4. The van der Waals surface area contributed by atoms with E-state index in [0.717, 1.165) is 18.8 Å². The van der Waals surface area contributed by atoms with E-state index in [2.05, 4.69) is 6.92 Å². The Labute approximate surface area is 55.8 Å². The minimum atomic E-state index is 0.0969. The third kappa shape index (κ3) is 1.81. The lowest BCUT2D eigenvalue weighted by molar-refractivity contribution is 0.414. The van der Waals surface area contributed by atoms with Crippen molar-refractivity contribution in [2.45, 2.75) is 32.6 Å². The molecule has 0 bridgehead atoms. The summed E-state index contributed by atoms with van der Waals surface area (Å²) < 4.78 is 12.4. The van der Waals surface area contributed by atoms with E-state index in [1.807, 2.05) is 0 Å². The molecule has 1 heteroatoms. The quantitative estimate of drug-likeness (QED) is 0.509. The Balaban J connectivity index is 2.36. The summed E-state index contributed by atoms with van der Waals surface area (Å²) in [6.45, 7) is 2.17. The predicted octanol–water partition coefficient (Wildman–Crippen LogP) is 3.05.